The molecule has 0 spiro atoms. The molecule has 0 atom stereocenters. The number of nitrogens with zero attached hydrogens (tertiary/aromatic N) is 1. The number of ether oxygens (including phenoxy) is 1. The Morgan fingerprint density at radius 1 is 1.16 bits per heavy atom. The molecule has 3 rings (SSSR count). The first-order valence-corrected chi connectivity index (χ1v) is 8.83. The average Bonchev–Trinajstić information content (AvgIpc) is 2.60. The van der Waals surface area contributed by atoms with Crippen molar-refractivity contribution < 1.29 is 9.53 Å². The molecule has 0 saturated heterocycles. The molecule has 1 amide bonds. The molecular formula is C20H21ClN2O2. The third-order valence-electron chi connectivity index (χ3n) is 4.10. The molecule has 1 heterocycles. The summed E-state index contributed by atoms with van der Waals surface area (Å²) in [4.78, 5) is 14.7. The minimum absolute atomic E-state index is 0.136. The van der Waals surface area contributed by atoms with Crippen molar-refractivity contribution in [1.29, 1.82) is 0 Å². The summed E-state index contributed by atoms with van der Waals surface area (Å²) in [7, 11) is 0. The van der Waals surface area contributed by atoms with Gasteiger partial charge >= 0.3 is 0 Å². The van der Waals surface area contributed by atoms with Gasteiger partial charge in [0.15, 0.2) is 11.5 Å². The normalized spacial score (nSPS) is 15.2. The number of hydrogen-bond acceptors (Lipinski definition) is 3. The molecular weight excluding hydrogens is 336 g/mol. The van der Waals surface area contributed by atoms with E-state index in [4.69, 9.17) is 22.1 Å². The highest BCUT2D eigenvalue weighted by Crippen LogP contribution is 2.37. The van der Waals surface area contributed by atoms with E-state index >= 15 is 0 Å². The summed E-state index contributed by atoms with van der Waals surface area (Å²) in [6, 6.07) is 12.6. The van der Waals surface area contributed by atoms with Crippen molar-refractivity contribution in [2.75, 3.05) is 17.2 Å². The van der Waals surface area contributed by atoms with Gasteiger partial charge in [0.25, 0.3) is 5.91 Å². The second-order valence-electron chi connectivity index (χ2n) is 6.05. The molecule has 0 aliphatic carbocycles. The lowest BCUT2D eigenvalue weighted by atomic mass is 10.1. The monoisotopic (exact) mass is 356 g/mol. The van der Waals surface area contributed by atoms with E-state index < -0.39 is 0 Å². The first-order valence-electron chi connectivity index (χ1n) is 8.45. The highest BCUT2D eigenvalue weighted by atomic mass is 35.5. The van der Waals surface area contributed by atoms with Gasteiger partial charge in [-0.15, -0.1) is 0 Å². The zero-order chi connectivity index (χ0) is 17.8. The number of anilines is 2. The number of unbranched alkanes of at least 4 members (excludes halogenated alkanes) is 2. The lowest BCUT2D eigenvalue weighted by Gasteiger charge is -2.30. The van der Waals surface area contributed by atoms with Crippen LogP contribution in [0, 0.1) is 0 Å². The molecule has 25 heavy (non-hydrogen) atoms. The third kappa shape index (κ3) is 3.97. The number of carbonyl (C=O) groups is 1. The fourth-order valence-corrected chi connectivity index (χ4v) is 2.91. The summed E-state index contributed by atoms with van der Waals surface area (Å²) in [5, 5.41) is 0.650. The van der Waals surface area contributed by atoms with Crippen LogP contribution in [0.15, 0.2) is 48.2 Å². The van der Waals surface area contributed by atoms with Crippen LogP contribution in [-0.2, 0) is 4.79 Å². The van der Waals surface area contributed by atoms with Crippen molar-refractivity contribution in [3.63, 3.8) is 0 Å². The van der Waals surface area contributed by atoms with Gasteiger partial charge in [-0.05, 0) is 42.3 Å². The molecule has 1 aliphatic heterocycles. The molecule has 5 heteroatoms. The summed E-state index contributed by atoms with van der Waals surface area (Å²) in [6.07, 6.45) is 4.85. The molecule has 2 N–H and O–H groups in total. The van der Waals surface area contributed by atoms with Gasteiger partial charge in [-0.25, -0.2) is 0 Å². The summed E-state index contributed by atoms with van der Waals surface area (Å²) >= 11 is 5.92. The van der Waals surface area contributed by atoms with Crippen LogP contribution in [0.4, 0.5) is 11.4 Å². The molecule has 0 fully saturated rings. The van der Waals surface area contributed by atoms with Crippen LogP contribution >= 0.6 is 11.6 Å². The Balaban J connectivity index is 1.95. The van der Waals surface area contributed by atoms with Gasteiger partial charge in [0, 0.05) is 23.3 Å². The molecule has 130 valence electrons. The summed E-state index contributed by atoms with van der Waals surface area (Å²) in [5.41, 5.74) is 8.11. The Kier molecular flexibility index (Phi) is 5.29. The second kappa shape index (κ2) is 7.62. The molecule has 0 saturated carbocycles. The lowest BCUT2D eigenvalue weighted by molar-refractivity contribution is -0.117. The topological polar surface area (TPSA) is 55.6 Å². The Labute approximate surface area is 152 Å². The van der Waals surface area contributed by atoms with Crippen LogP contribution in [-0.4, -0.2) is 12.5 Å². The molecule has 4 nitrogen and oxygen atoms in total. The van der Waals surface area contributed by atoms with Gasteiger partial charge in [-0.3, -0.25) is 4.79 Å². The molecule has 1 aliphatic rings. The van der Waals surface area contributed by atoms with E-state index in [9.17, 15) is 4.79 Å². The van der Waals surface area contributed by atoms with Crippen LogP contribution in [0.5, 0.6) is 5.75 Å². The predicted molar refractivity (Wildman–Crippen MR) is 103 cm³/mol. The Bertz CT molecular complexity index is 800. The van der Waals surface area contributed by atoms with Gasteiger partial charge in [0.05, 0.1) is 5.69 Å². The molecule has 0 bridgehead atoms. The Morgan fingerprint density at radius 2 is 1.92 bits per heavy atom. The van der Waals surface area contributed by atoms with Crippen molar-refractivity contribution in [2.45, 2.75) is 26.2 Å². The van der Waals surface area contributed by atoms with Crippen LogP contribution in [0.25, 0.3) is 6.08 Å². The number of hydrogen-bond donors (Lipinski definition) is 1. The minimum Gasteiger partial charge on any atom is -0.449 e. The lowest BCUT2D eigenvalue weighted by Crippen LogP contribution is -2.38. The SMILES string of the molecule is CCCCCN1C(=O)/C(=C\c2ccc(Cl)cc2)Oc2cc(N)ccc21. The fourth-order valence-electron chi connectivity index (χ4n) is 2.78. The first kappa shape index (κ1) is 17.4. The smallest absolute Gasteiger partial charge is 0.294 e. The maximum atomic E-state index is 12.9. The Hall–Kier alpha value is -2.46. The first-order chi connectivity index (χ1) is 12.1. The second-order valence-corrected chi connectivity index (χ2v) is 6.49. The quantitative estimate of drug-likeness (QED) is 0.472. The molecule has 0 unspecified atom stereocenters. The van der Waals surface area contributed by atoms with E-state index in [0.717, 1.165) is 30.5 Å². The van der Waals surface area contributed by atoms with E-state index in [2.05, 4.69) is 6.92 Å². The van der Waals surface area contributed by atoms with Crippen molar-refractivity contribution in [3.05, 3.63) is 58.8 Å². The standard InChI is InChI=1S/C20H21ClN2O2/c1-2-3-4-11-23-17-10-9-16(22)13-18(17)25-19(20(23)24)12-14-5-7-15(21)8-6-14/h5-10,12-13H,2-4,11,22H2,1H3/b19-12+. The van der Waals surface area contributed by atoms with Gasteiger partial charge in [0.2, 0.25) is 0 Å². The zero-order valence-electron chi connectivity index (χ0n) is 14.2. The van der Waals surface area contributed by atoms with E-state index in [-0.39, 0.29) is 11.7 Å². The van der Waals surface area contributed by atoms with Crippen molar-refractivity contribution >= 4 is 35.0 Å². The van der Waals surface area contributed by atoms with Crippen molar-refractivity contribution in [3.8, 4) is 5.75 Å². The number of fused-ring (bicyclic) bond motifs is 1. The number of nitrogens with two attached hydrogens (primary N) is 1. The Morgan fingerprint density at radius 3 is 2.64 bits per heavy atom. The largest absolute Gasteiger partial charge is 0.449 e. The van der Waals surface area contributed by atoms with E-state index in [1.165, 1.54) is 0 Å². The predicted octanol–water partition coefficient (Wildman–Crippen LogP) is 4.88. The van der Waals surface area contributed by atoms with Crippen molar-refractivity contribution in [2.24, 2.45) is 0 Å². The highest BCUT2D eigenvalue weighted by molar-refractivity contribution is 6.30. The zero-order valence-corrected chi connectivity index (χ0v) is 14.9. The molecule has 0 radical (unpaired) electrons. The molecule has 2 aromatic rings. The van der Waals surface area contributed by atoms with Gasteiger partial charge in [0.1, 0.15) is 0 Å². The van der Waals surface area contributed by atoms with Gasteiger partial charge < -0.3 is 15.4 Å². The third-order valence-corrected chi connectivity index (χ3v) is 4.36. The molecule has 2 aromatic carbocycles. The summed E-state index contributed by atoms with van der Waals surface area (Å²) in [6.45, 7) is 2.80. The number of halogens is 1. The number of rotatable bonds is 5. The number of benzene rings is 2. The number of amides is 1. The minimum atomic E-state index is -0.136. The molecule has 0 aromatic heterocycles. The number of carbonyl (C=O) groups excluding carboxylic acids is 1. The average molecular weight is 357 g/mol. The van der Waals surface area contributed by atoms with Crippen LogP contribution in [0.3, 0.4) is 0 Å². The van der Waals surface area contributed by atoms with Gasteiger partial charge in [-0.2, -0.15) is 0 Å². The van der Waals surface area contributed by atoms with E-state index in [1.807, 2.05) is 18.2 Å². The van der Waals surface area contributed by atoms with Crippen molar-refractivity contribution in [1.82, 2.24) is 0 Å². The van der Waals surface area contributed by atoms with Crippen LogP contribution in [0.1, 0.15) is 31.7 Å². The van der Waals surface area contributed by atoms with Gasteiger partial charge in [-0.1, -0.05) is 43.5 Å². The summed E-state index contributed by atoms with van der Waals surface area (Å²) < 4.78 is 5.85. The summed E-state index contributed by atoms with van der Waals surface area (Å²) in [5.74, 6) is 0.761. The van der Waals surface area contributed by atoms with E-state index in [1.54, 1.807) is 35.2 Å². The fraction of sp³-hybridized carbons (Fsp3) is 0.250. The van der Waals surface area contributed by atoms with Crippen LogP contribution < -0.4 is 15.4 Å². The van der Waals surface area contributed by atoms with Crippen LogP contribution in [0.2, 0.25) is 5.02 Å². The van der Waals surface area contributed by atoms with E-state index in [0.29, 0.717) is 23.0 Å². The maximum Gasteiger partial charge on any atom is 0.294 e. The highest BCUT2D eigenvalue weighted by Gasteiger charge is 2.30. The number of nitrogen functional groups attached to an aromatic ring is 1. The maximum absolute atomic E-state index is 12.9.